The summed E-state index contributed by atoms with van der Waals surface area (Å²) in [4.78, 5) is 12.5. The molecule has 0 aliphatic carbocycles. The molecule has 0 radical (unpaired) electrons. The topological polar surface area (TPSA) is 66.5 Å². The van der Waals surface area contributed by atoms with E-state index in [4.69, 9.17) is 0 Å². The number of rotatable bonds is 6. The van der Waals surface area contributed by atoms with Crippen LogP contribution in [-0.2, 0) is 16.6 Å². The fourth-order valence-electron chi connectivity index (χ4n) is 3.35. The lowest BCUT2D eigenvalue weighted by Crippen LogP contribution is -2.29. The Morgan fingerprint density at radius 3 is 2.07 bits per heavy atom. The quantitative estimate of drug-likeness (QED) is 0.619. The Bertz CT molecular complexity index is 1150. The first-order valence-electron chi connectivity index (χ1n) is 9.65. The third-order valence-corrected chi connectivity index (χ3v) is 5.85. The maximum absolute atomic E-state index is 12.5. The van der Waals surface area contributed by atoms with E-state index in [1.54, 1.807) is 24.3 Å². The summed E-state index contributed by atoms with van der Waals surface area (Å²) in [5.74, 6) is -0.207. The zero-order valence-electron chi connectivity index (χ0n) is 17.6. The van der Waals surface area contributed by atoms with Gasteiger partial charge in [0.25, 0.3) is 5.91 Å². The second-order valence-corrected chi connectivity index (χ2v) is 9.54. The van der Waals surface area contributed by atoms with Crippen molar-refractivity contribution >= 4 is 27.3 Å². The molecular weight excluding hydrogens is 396 g/mol. The van der Waals surface area contributed by atoms with E-state index in [0.29, 0.717) is 11.3 Å². The maximum Gasteiger partial charge on any atom is 0.255 e. The summed E-state index contributed by atoms with van der Waals surface area (Å²) in [6, 6.07) is 20.3. The zero-order chi connectivity index (χ0) is 21.9. The molecule has 30 heavy (non-hydrogen) atoms. The predicted molar refractivity (Wildman–Crippen MR) is 123 cm³/mol. The monoisotopic (exact) mass is 422 g/mol. The van der Waals surface area contributed by atoms with Crippen LogP contribution in [0, 0.1) is 20.8 Å². The molecule has 0 saturated carbocycles. The number of nitrogens with zero attached hydrogens (tertiary/aromatic N) is 1. The van der Waals surface area contributed by atoms with Gasteiger partial charge in [0, 0.05) is 11.3 Å². The van der Waals surface area contributed by atoms with Crippen molar-refractivity contribution in [3.63, 3.8) is 0 Å². The molecular formula is C24H26N2O3S. The van der Waals surface area contributed by atoms with Crippen LogP contribution < -0.4 is 9.62 Å². The second-order valence-electron chi connectivity index (χ2n) is 7.64. The number of benzene rings is 3. The summed E-state index contributed by atoms with van der Waals surface area (Å²) in [5, 5.41) is 2.88. The third kappa shape index (κ3) is 5.48. The molecule has 5 nitrogen and oxygen atoms in total. The van der Waals surface area contributed by atoms with Crippen LogP contribution in [0.1, 0.15) is 32.6 Å². The minimum absolute atomic E-state index is 0.196. The fraction of sp³-hybridized carbons (Fsp3) is 0.208. The average molecular weight is 423 g/mol. The highest BCUT2D eigenvalue weighted by Crippen LogP contribution is 2.24. The van der Waals surface area contributed by atoms with Crippen molar-refractivity contribution in [3.05, 3.63) is 94.5 Å². The Labute approximate surface area is 178 Å². The molecule has 3 aromatic rings. The predicted octanol–water partition coefficient (Wildman–Crippen LogP) is 4.83. The standard InChI is InChI=1S/C24H26N2O3S/c1-17-6-5-7-22(13-17)25-24(27)21-10-8-20(9-11-21)16-26(30(4,28)29)23-14-18(2)12-19(3)15-23/h5-15H,16H2,1-4H3,(H,25,27). The molecule has 0 heterocycles. The molecule has 0 aliphatic rings. The Hall–Kier alpha value is -3.12. The van der Waals surface area contributed by atoms with Crippen LogP contribution in [0.25, 0.3) is 0 Å². The lowest BCUT2D eigenvalue weighted by atomic mass is 10.1. The van der Waals surface area contributed by atoms with Crippen molar-refractivity contribution in [2.75, 3.05) is 15.9 Å². The second kappa shape index (κ2) is 8.71. The lowest BCUT2D eigenvalue weighted by Gasteiger charge is -2.23. The molecule has 3 rings (SSSR count). The lowest BCUT2D eigenvalue weighted by molar-refractivity contribution is 0.102. The van der Waals surface area contributed by atoms with Gasteiger partial charge in [-0.15, -0.1) is 0 Å². The van der Waals surface area contributed by atoms with E-state index in [1.165, 1.54) is 10.6 Å². The van der Waals surface area contributed by atoms with Crippen molar-refractivity contribution in [2.45, 2.75) is 27.3 Å². The first-order valence-corrected chi connectivity index (χ1v) is 11.5. The summed E-state index contributed by atoms with van der Waals surface area (Å²) in [5.41, 5.74) is 5.75. The Morgan fingerprint density at radius 2 is 1.50 bits per heavy atom. The Morgan fingerprint density at radius 1 is 0.867 bits per heavy atom. The van der Waals surface area contributed by atoms with Crippen LogP contribution in [-0.4, -0.2) is 20.6 Å². The Kier molecular flexibility index (Phi) is 6.27. The van der Waals surface area contributed by atoms with Crippen LogP contribution in [0.3, 0.4) is 0 Å². The molecule has 156 valence electrons. The summed E-state index contributed by atoms with van der Waals surface area (Å²) in [6.07, 6.45) is 1.20. The van der Waals surface area contributed by atoms with E-state index in [-0.39, 0.29) is 12.5 Å². The van der Waals surface area contributed by atoms with Gasteiger partial charge in [-0.05, 0) is 79.4 Å². The van der Waals surface area contributed by atoms with E-state index in [2.05, 4.69) is 5.32 Å². The van der Waals surface area contributed by atoms with Crippen LogP contribution >= 0.6 is 0 Å². The number of amides is 1. The zero-order valence-corrected chi connectivity index (χ0v) is 18.5. The van der Waals surface area contributed by atoms with E-state index >= 15 is 0 Å². The van der Waals surface area contributed by atoms with Gasteiger partial charge in [-0.3, -0.25) is 9.10 Å². The molecule has 0 fully saturated rings. The van der Waals surface area contributed by atoms with Gasteiger partial charge in [-0.2, -0.15) is 0 Å². The third-order valence-electron chi connectivity index (χ3n) is 4.71. The van der Waals surface area contributed by atoms with Crippen LogP contribution in [0.5, 0.6) is 0 Å². The first-order chi connectivity index (χ1) is 14.1. The minimum atomic E-state index is -3.47. The largest absolute Gasteiger partial charge is 0.322 e. The van der Waals surface area contributed by atoms with Crippen molar-refractivity contribution in [3.8, 4) is 0 Å². The van der Waals surface area contributed by atoms with Gasteiger partial charge < -0.3 is 5.32 Å². The van der Waals surface area contributed by atoms with E-state index in [0.717, 1.165) is 27.9 Å². The van der Waals surface area contributed by atoms with Gasteiger partial charge >= 0.3 is 0 Å². The van der Waals surface area contributed by atoms with Gasteiger partial charge in [-0.1, -0.05) is 30.3 Å². The number of aryl methyl sites for hydroxylation is 3. The summed E-state index contributed by atoms with van der Waals surface area (Å²) in [7, 11) is -3.47. The van der Waals surface area contributed by atoms with Gasteiger partial charge in [0.15, 0.2) is 0 Å². The number of sulfonamides is 1. The molecule has 0 spiro atoms. The van der Waals surface area contributed by atoms with Crippen LogP contribution in [0.2, 0.25) is 0 Å². The highest BCUT2D eigenvalue weighted by atomic mass is 32.2. The molecule has 0 saturated heterocycles. The van der Waals surface area contributed by atoms with Gasteiger partial charge in [0.1, 0.15) is 0 Å². The average Bonchev–Trinajstić information content (AvgIpc) is 2.65. The van der Waals surface area contributed by atoms with E-state index in [9.17, 15) is 13.2 Å². The molecule has 0 atom stereocenters. The number of hydrogen-bond donors (Lipinski definition) is 1. The number of carbonyl (C=O) groups excluding carboxylic acids is 1. The molecule has 0 bridgehead atoms. The molecule has 1 amide bonds. The Balaban J connectivity index is 1.79. The summed E-state index contributed by atoms with van der Waals surface area (Å²) < 4.78 is 26.2. The van der Waals surface area contributed by atoms with Crippen molar-refractivity contribution < 1.29 is 13.2 Å². The SMILES string of the molecule is Cc1cccc(NC(=O)c2ccc(CN(c3cc(C)cc(C)c3)S(C)(=O)=O)cc2)c1. The number of carbonyl (C=O) groups is 1. The van der Waals surface area contributed by atoms with Crippen LogP contribution in [0.4, 0.5) is 11.4 Å². The maximum atomic E-state index is 12.5. The highest BCUT2D eigenvalue weighted by molar-refractivity contribution is 7.92. The normalized spacial score (nSPS) is 11.2. The smallest absolute Gasteiger partial charge is 0.255 e. The summed E-state index contributed by atoms with van der Waals surface area (Å²) in [6.45, 7) is 6.05. The van der Waals surface area contributed by atoms with Crippen molar-refractivity contribution in [1.82, 2.24) is 0 Å². The number of hydrogen-bond acceptors (Lipinski definition) is 3. The molecule has 1 N–H and O–H groups in total. The molecule has 0 aliphatic heterocycles. The fourth-order valence-corrected chi connectivity index (χ4v) is 4.22. The van der Waals surface area contributed by atoms with E-state index in [1.807, 2.05) is 63.2 Å². The van der Waals surface area contributed by atoms with Crippen molar-refractivity contribution in [1.29, 1.82) is 0 Å². The van der Waals surface area contributed by atoms with Gasteiger partial charge in [-0.25, -0.2) is 8.42 Å². The molecule has 3 aromatic carbocycles. The van der Waals surface area contributed by atoms with Gasteiger partial charge in [0.05, 0.1) is 18.5 Å². The molecule has 0 unspecified atom stereocenters. The summed E-state index contributed by atoms with van der Waals surface area (Å²) >= 11 is 0. The highest BCUT2D eigenvalue weighted by Gasteiger charge is 2.19. The van der Waals surface area contributed by atoms with E-state index < -0.39 is 10.0 Å². The number of nitrogens with one attached hydrogen (secondary N) is 1. The van der Waals surface area contributed by atoms with Gasteiger partial charge in [0.2, 0.25) is 10.0 Å². The number of anilines is 2. The molecule has 0 aromatic heterocycles. The van der Waals surface area contributed by atoms with Crippen molar-refractivity contribution in [2.24, 2.45) is 0 Å². The van der Waals surface area contributed by atoms with Crippen LogP contribution in [0.15, 0.2) is 66.7 Å². The minimum Gasteiger partial charge on any atom is -0.322 e. The molecule has 6 heteroatoms. The first kappa shape index (κ1) is 21.6.